The summed E-state index contributed by atoms with van der Waals surface area (Å²) in [6, 6.07) is 13.2. The highest BCUT2D eigenvalue weighted by Crippen LogP contribution is 2.13. The first-order valence-corrected chi connectivity index (χ1v) is 7.77. The number of amides is 1. The van der Waals surface area contributed by atoms with E-state index in [0.717, 1.165) is 5.56 Å². The number of carbonyl (C=O) groups excluding carboxylic acids is 2. The van der Waals surface area contributed by atoms with Crippen molar-refractivity contribution < 1.29 is 18.7 Å². The predicted octanol–water partition coefficient (Wildman–Crippen LogP) is 3.28. The highest BCUT2D eigenvalue weighted by atomic mass is 16.5. The SMILES string of the molecule is COC(=O)CCc1ccc(/C=C/C(=O)N[C@@H](C)c2ccccc2)o1. The van der Waals surface area contributed by atoms with Gasteiger partial charge in [-0.3, -0.25) is 9.59 Å². The molecule has 0 aliphatic heterocycles. The highest BCUT2D eigenvalue weighted by Gasteiger charge is 2.07. The summed E-state index contributed by atoms with van der Waals surface area (Å²) >= 11 is 0. The van der Waals surface area contributed by atoms with Crippen molar-refractivity contribution in [2.75, 3.05) is 7.11 Å². The van der Waals surface area contributed by atoms with Gasteiger partial charge >= 0.3 is 5.97 Å². The Labute approximate surface area is 141 Å². The lowest BCUT2D eigenvalue weighted by molar-refractivity contribution is -0.140. The van der Waals surface area contributed by atoms with E-state index < -0.39 is 0 Å². The fraction of sp³-hybridized carbons (Fsp3) is 0.263. The summed E-state index contributed by atoms with van der Waals surface area (Å²) in [6.45, 7) is 1.93. The Bertz CT molecular complexity index is 703. The average Bonchev–Trinajstić information content (AvgIpc) is 3.06. The van der Waals surface area contributed by atoms with Gasteiger partial charge in [0.15, 0.2) is 0 Å². The van der Waals surface area contributed by atoms with Crippen molar-refractivity contribution in [3.63, 3.8) is 0 Å². The molecule has 126 valence electrons. The molecule has 0 bridgehead atoms. The highest BCUT2D eigenvalue weighted by molar-refractivity contribution is 5.91. The van der Waals surface area contributed by atoms with Crippen molar-refractivity contribution in [1.29, 1.82) is 0 Å². The molecule has 0 radical (unpaired) electrons. The summed E-state index contributed by atoms with van der Waals surface area (Å²) in [4.78, 5) is 23.1. The molecule has 1 aromatic carbocycles. The minimum Gasteiger partial charge on any atom is -0.469 e. The number of rotatable bonds is 7. The number of esters is 1. The number of carbonyl (C=O) groups is 2. The largest absolute Gasteiger partial charge is 0.469 e. The lowest BCUT2D eigenvalue weighted by Crippen LogP contribution is -2.24. The van der Waals surface area contributed by atoms with Crippen molar-refractivity contribution in [2.24, 2.45) is 0 Å². The Morgan fingerprint density at radius 2 is 1.96 bits per heavy atom. The molecule has 0 spiro atoms. The van der Waals surface area contributed by atoms with Gasteiger partial charge in [-0.1, -0.05) is 30.3 Å². The van der Waals surface area contributed by atoms with Crippen LogP contribution < -0.4 is 5.32 Å². The standard InChI is InChI=1S/C19H21NO4/c1-14(15-6-4-3-5-7-15)20-18(21)12-10-16-8-9-17(24-16)11-13-19(22)23-2/h3-10,12,14H,11,13H2,1-2H3,(H,20,21)/b12-10+/t14-/m0/s1. The lowest BCUT2D eigenvalue weighted by atomic mass is 10.1. The zero-order valence-corrected chi connectivity index (χ0v) is 13.8. The predicted molar refractivity (Wildman–Crippen MR) is 91.1 cm³/mol. The number of aryl methyl sites for hydroxylation is 1. The van der Waals surface area contributed by atoms with Crippen LogP contribution in [0, 0.1) is 0 Å². The van der Waals surface area contributed by atoms with Crippen molar-refractivity contribution in [1.82, 2.24) is 5.32 Å². The quantitative estimate of drug-likeness (QED) is 0.626. The lowest BCUT2D eigenvalue weighted by Gasteiger charge is -2.12. The van der Waals surface area contributed by atoms with E-state index in [2.05, 4.69) is 10.1 Å². The van der Waals surface area contributed by atoms with E-state index in [1.807, 2.05) is 37.3 Å². The minimum atomic E-state index is -0.280. The molecule has 1 amide bonds. The summed E-state index contributed by atoms with van der Waals surface area (Å²) in [5.41, 5.74) is 1.04. The van der Waals surface area contributed by atoms with Gasteiger partial charge in [0.05, 0.1) is 19.6 Å². The second-order valence-corrected chi connectivity index (χ2v) is 5.35. The minimum absolute atomic E-state index is 0.0735. The number of methoxy groups -OCH3 is 1. The van der Waals surface area contributed by atoms with E-state index in [-0.39, 0.29) is 24.3 Å². The first kappa shape index (κ1) is 17.5. The van der Waals surface area contributed by atoms with Crippen molar-refractivity contribution in [3.05, 3.63) is 65.6 Å². The zero-order chi connectivity index (χ0) is 17.4. The summed E-state index contributed by atoms with van der Waals surface area (Å²) in [5.74, 6) is 0.770. The third-order valence-electron chi connectivity index (χ3n) is 3.54. The summed E-state index contributed by atoms with van der Waals surface area (Å²) < 4.78 is 10.1. The maximum atomic E-state index is 12.0. The number of nitrogens with one attached hydrogen (secondary N) is 1. The van der Waals surface area contributed by atoms with Gasteiger partial charge in [-0.15, -0.1) is 0 Å². The maximum absolute atomic E-state index is 12.0. The van der Waals surface area contributed by atoms with E-state index in [0.29, 0.717) is 17.9 Å². The van der Waals surface area contributed by atoms with Crippen LogP contribution in [-0.4, -0.2) is 19.0 Å². The Morgan fingerprint density at radius 3 is 2.67 bits per heavy atom. The molecule has 0 fully saturated rings. The number of ether oxygens (including phenoxy) is 1. The molecule has 0 unspecified atom stereocenters. The van der Waals surface area contributed by atoms with Crippen molar-refractivity contribution >= 4 is 18.0 Å². The van der Waals surface area contributed by atoms with E-state index in [4.69, 9.17) is 4.42 Å². The molecular formula is C19H21NO4. The normalized spacial score (nSPS) is 12.1. The number of hydrogen-bond acceptors (Lipinski definition) is 4. The van der Waals surface area contributed by atoms with Crippen molar-refractivity contribution in [3.8, 4) is 0 Å². The summed E-state index contributed by atoms with van der Waals surface area (Å²) in [7, 11) is 1.35. The molecule has 1 aromatic heterocycles. The molecule has 2 rings (SSSR count). The van der Waals surface area contributed by atoms with E-state index >= 15 is 0 Å². The van der Waals surface area contributed by atoms with Gasteiger partial charge in [-0.05, 0) is 30.7 Å². The van der Waals surface area contributed by atoms with Gasteiger partial charge in [0, 0.05) is 12.5 Å². The van der Waals surface area contributed by atoms with Gasteiger partial charge in [-0.2, -0.15) is 0 Å². The molecule has 5 heteroatoms. The number of hydrogen-bond donors (Lipinski definition) is 1. The molecule has 2 aromatic rings. The van der Waals surface area contributed by atoms with Gasteiger partial charge in [-0.25, -0.2) is 0 Å². The Kier molecular flexibility index (Phi) is 6.37. The van der Waals surface area contributed by atoms with Crippen LogP contribution in [0.15, 0.2) is 53.0 Å². The van der Waals surface area contributed by atoms with Gasteiger partial charge in [0.2, 0.25) is 5.91 Å². The van der Waals surface area contributed by atoms with E-state index in [1.54, 1.807) is 18.2 Å². The Hall–Kier alpha value is -2.82. The number of benzene rings is 1. The second kappa shape index (κ2) is 8.72. The average molecular weight is 327 g/mol. The first-order valence-electron chi connectivity index (χ1n) is 7.77. The molecule has 0 aliphatic rings. The van der Waals surface area contributed by atoms with Crippen LogP contribution in [0.1, 0.15) is 36.5 Å². The maximum Gasteiger partial charge on any atom is 0.305 e. The molecule has 0 saturated carbocycles. The topological polar surface area (TPSA) is 68.5 Å². The molecule has 1 heterocycles. The monoisotopic (exact) mass is 327 g/mol. The third kappa shape index (κ3) is 5.43. The zero-order valence-electron chi connectivity index (χ0n) is 13.8. The number of furan rings is 1. The Morgan fingerprint density at radius 1 is 1.21 bits per heavy atom. The van der Waals surface area contributed by atoms with Crippen molar-refractivity contribution in [2.45, 2.75) is 25.8 Å². The van der Waals surface area contributed by atoms with Crippen LogP contribution in [0.2, 0.25) is 0 Å². The second-order valence-electron chi connectivity index (χ2n) is 5.35. The van der Waals surface area contributed by atoms with Crippen LogP contribution in [0.25, 0.3) is 6.08 Å². The first-order chi connectivity index (χ1) is 11.6. The molecule has 0 saturated heterocycles. The van der Waals surface area contributed by atoms with E-state index in [1.165, 1.54) is 13.2 Å². The molecule has 1 atom stereocenters. The Balaban J connectivity index is 1.85. The van der Waals surface area contributed by atoms with Gasteiger partial charge in [0.1, 0.15) is 11.5 Å². The van der Waals surface area contributed by atoms with Gasteiger partial charge in [0.25, 0.3) is 0 Å². The van der Waals surface area contributed by atoms with Crippen LogP contribution >= 0.6 is 0 Å². The third-order valence-corrected chi connectivity index (χ3v) is 3.54. The molecule has 0 aliphatic carbocycles. The molecular weight excluding hydrogens is 306 g/mol. The smallest absolute Gasteiger partial charge is 0.305 e. The molecule has 5 nitrogen and oxygen atoms in total. The molecule has 1 N–H and O–H groups in total. The fourth-order valence-corrected chi connectivity index (χ4v) is 2.19. The molecule has 24 heavy (non-hydrogen) atoms. The summed E-state index contributed by atoms with van der Waals surface area (Å²) in [6.07, 6.45) is 3.77. The summed E-state index contributed by atoms with van der Waals surface area (Å²) in [5, 5.41) is 2.89. The van der Waals surface area contributed by atoms with Crippen LogP contribution in [0.4, 0.5) is 0 Å². The van der Waals surface area contributed by atoms with Crippen LogP contribution in [0.5, 0.6) is 0 Å². The van der Waals surface area contributed by atoms with E-state index in [9.17, 15) is 9.59 Å². The van der Waals surface area contributed by atoms with Crippen LogP contribution in [0.3, 0.4) is 0 Å². The van der Waals surface area contributed by atoms with Gasteiger partial charge < -0.3 is 14.5 Å². The fourth-order valence-electron chi connectivity index (χ4n) is 2.19. The van der Waals surface area contributed by atoms with Crippen LogP contribution in [-0.2, 0) is 20.7 Å².